The van der Waals surface area contributed by atoms with Gasteiger partial charge in [0.25, 0.3) is 5.91 Å². The molecule has 1 aromatic rings. The molecule has 0 aliphatic heterocycles. The molecule has 1 N–H and O–H groups in total. The third-order valence-electron chi connectivity index (χ3n) is 2.91. The number of hydrogen-bond acceptors (Lipinski definition) is 5. The van der Waals surface area contributed by atoms with Crippen molar-refractivity contribution in [3.8, 4) is 0 Å². The second-order valence-corrected chi connectivity index (χ2v) is 4.50. The number of methoxy groups -OCH3 is 1. The zero-order valence-electron chi connectivity index (χ0n) is 10.7. The lowest BCUT2D eigenvalue weighted by atomic mass is 10.2. The van der Waals surface area contributed by atoms with Gasteiger partial charge in [-0.05, 0) is 12.8 Å². The molecule has 1 saturated carbocycles. The van der Waals surface area contributed by atoms with Crippen molar-refractivity contribution in [2.45, 2.75) is 18.8 Å². The van der Waals surface area contributed by atoms with Gasteiger partial charge < -0.3 is 19.3 Å². The fraction of sp³-hybridized carbons (Fsp3) is 0.583. The molecule has 7 nitrogen and oxygen atoms in total. The molecular weight excluding hydrogens is 252 g/mol. The van der Waals surface area contributed by atoms with Crippen molar-refractivity contribution in [2.75, 3.05) is 26.8 Å². The Balaban J connectivity index is 2.04. The van der Waals surface area contributed by atoms with Gasteiger partial charge in [-0.25, -0.2) is 0 Å². The van der Waals surface area contributed by atoms with E-state index >= 15 is 0 Å². The number of aromatic nitrogens is 1. The van der Waals surface area contributed by atoms with E-state index in [9.17, 15) is 9.59 Å². The highest BCUT2D eigenvalue weighted by molar-refractivity contribution is 5.94. The topological polar surface area (TPSA) is 92.9 Å². The van der Waals surface area contributed by atoms with E-state index in [-0.39, 0.29) is 25.4 Å². The van der Waals surface area contributed by atoms with Crippen molar-refractivity contribution in [1.82, 2.24) is 10.1 Å². The van der Waals surface area contributed by atoms with Crippen LogP contribution in [0.2, 0.25) is 0 Å². The Morgan fingerprint density at radius 3 is 2.89 bits per heavy atom. The lowest BCUT2D eigenvalue weighted by Gasteiger charge is -2.18. The standard InChI is InChI=1S/C12H16N2O5/c1-18-5-4-14(7-11(15)16)12(17)9-6-10(19-13-9)8-2-3-8/h6,8H,2-5,7H2,1H3,(H,15,16). The van der Waals surface area contributed by atoms with Crippen molar-refractivity contribution in [2.24, 2.45) is 0 Å². The average Bonchev–Trinajstić information content (AvgIpc) is 3.11. The normalized spacial score (nSPS) is 14.4. The van der Waals surface area contributed by atoms with E-state index in [1.807, 2.05) is 0 Å². The summed E-state index contributed by atoms with van der Waals surface area (Å²) < 4.78 is 9.96. The third kappa shape index (κ3) is 3.54. The van der Waals surface area contributed by atoms with E-state index in [2.05, 4.69) is 5.16 Å². The summed E-state index contributed by atoms with van der Waals surface area (Å²) >= 11 is 0. The molecule has 0 atom stereocenters. The van der Waals surface area contributed by atoms with Crippen LogP contribution in [0, 0.1) is 0 Å². The molecule has 1 aliphatic rings. The zero-order valence-corrected chi connectivity index (χ0v) is 10.7. The number of carbonyl (C=O) groups is 2. The summed E-state index contributed by atoms with van der Waals surface area (Å²) in [6, 6.07) is 1.60. The van der Waals surface area contributed by atoms with Crippen LogP contribution in [0.5, 0.6) is 0 Å². The molecule has 2 rings (SSSR count). The first-order valence-electron chi connectivity index (χ1n) is 6.08. The van der Waals surface area contributed by atoms with E-state index < -0.39 is 11.9 Å². The van der Waals surface area contributed by atoms with Crippen molar-refractivity contribution < 1.29 is 24.0 Å². The molecule has 1 aromatic heterocycles. The Kier molecular flexibility index (Phi) is 4.16. The lowest BCUT2D eigenvalue weighted by Crippen LogP contribution is -2.38. The Morgan fingerprint density at radius 1 is 1.58 bits per heavy atom. The van der Waals surface area contributed by atoms with Gasteiger partial charge in [0.1, 0.15) is 12.3 Å². The van der Waals surface area contributed by atoms with Crippen molar-refractivity contribution >= 4 is 11.9 Å². The van der Waals surface area contributed by atoms with Crippen molar-refractivity contribution in [1.29, 1.82) is 0 Å². The molecule has 7 heteroatoms. The highest BCUT2D eigenvalue weighted by Crippen LogP contribution is 2.40. The van der Waals surface area contributed by atoms with E-state index in [0.29, 0.717) is 11.7 Å². The molecule has 1 fully saturated rings. The number of ether oxygens (including phenoxy) is 1. The van der Waals surface area contributed by atoms with Crippen LogP contribution in [0.1, 0.15) is 35.0 Å². The van der Waals surface area contributed by atoms with Crippen LogP contribution in [-0.2, 0) is 9.53 Å². The van der Waals surface area contributed by atoms with Gasteiger partial charge in [0.15, 0.2) is 5.69 Å². The molecule has 1 heterocycles. The first-order valence-corrected chi connectivity index (χ1v) is 6.08. The first kappa shape index (κ1) is 13.5. The monoisotopic (exact) mass is 268 g/mol. The van der Waals surface area contributed by atoms with Gasteiger partial charge in [-0.15, -0.1) is 0 Å². The van der Waals surface area contributed by atoms with E-state index in [1.54, 1.807) is 6.07 Å². The van der Waals surface area contributed by atoms with Gasteiger partial charge in [-0.2, -0.15) is 0 Å². The summed E-state index contributed by atoms with van der Waals surface area (Å²) in [6.45, 7) is 0.0907. The second-order valence-electron chi connectivity index (χ2n) is 4.50. The molecular formula is C12H16N2O5. The number of aliphatic carboxylic acids is 1. The number of carbonyl (C=O) groups excluding carboxylic acids is 1. The van der Waals surface area contributed by atoms with Gasteiger partial charge in [0, 0.05) is 25.6 Å². The number of rotatable bonds is 7. The van der Waals surface area contributed by atoms with Gasteiger partial charge >= 0.3 is 5.97 Å². The Bertz CT molecular complexity index is 466. The molecule has 0 unspecified atom stereocenters. The summed E-state index contributed by atoms with van der Waals surface area (Å²) in [4.78, 5) is 24.1. The predicted molar refractivity (Wildman–Crippen MR) is 63.9 cm³/mol. The van der Waals surface area contributed by atoms with Gasteiger partial charge in [-0.3, -0.25) is 9.59 Å². The first-order chi connectivity index (χ1) is 9.11. The second kappa shape index (κ2) is 5.83. The average molecular weight is 268 g/mol. The van der Waals surface area contributed by atoms with Crippen LogP contribution in [0.3, 0.4) is 0 Å². The maximum atomic E-state index is 12.1. The summed E-state index contributed by atoms with van der Waals surface area (Å²) in [5.41, 5.74) is 0.152. The number of nitrogens with zero attached hydrogens (tertiary/aromatic N) is 2. The summed E-state index contributed by atoms with van der Waals surface area (Å²) in [5, 5.41) is 12.5. The van der Waals surface area contributed by atoms with Gasteiger partial charge in [-0.1, -0.05) is 5.16 Å². The van der Waals surface area contributed by atoms with Gasteiger partial charge in [0.05, 0.1) is 6.61 Å². The molecule has 0 aromatic carbocycles. The summed E-state index contributed by atoms with van der Waals surface area (Å²) in [6.07, 6.45) is 2.09. The smallest absolute Gasteiger partial charge is 0.323 e. The number of carboxylic acid groups (broad SMARTS) is 1. The number of carboxylic acids is 1. The molecule has 104 valence electrons. The van der Waals surface area contributed by atoms with Crippen LogP contribution in [0.15, 0.2) is 10.6 Å². The minimum Gasteiger partial charge on any atom is -0.480 e. The zero-order chi connectivity index (χ0) is 13.8. The SMILES string of the molecule is COCCN(CC(=O)O)C(=O)c1cc(C2CC2)on1. The minimum absolute atomic E-state index is 0.152. The molecule has 0 spiro atoms. The van der Waals surface area contributed by atoms with E-state index in [4.69, 9.17) is 14.4 Å². The van der Waals surface area contributed by atoms with Crippen LogP contribution < -0.4 is 0 Å². The van der Waals surface area contributed by atoms with Crippen LogP contribution >= 0.6 is 0 Å². The summed E-state index contributed by atoms with van der Waals surface area (Å²) in [7, 11) is 1.49. The largest absolute Gasteiger partial charge is 0.480 e. The molecule has 1 amide bonds. The molecule has 1 aliphatic carbocycles. The summed E-state index contributed by atoms with van der Waals surface area (Å²) in [5.74, 6) is -0.461. The van der Waals surface area contributed by atoms with Crippen LogP contribution in [-0.4, -0.2) is 53.8 Å². The van der Waals surface area contributed by atoms with E-state index in [1.165, 1.54) is 12.0 Å². The highest BCUT2D eigenvalue weighted by Gasteiger charge is 2.30. The lowest BCUT2D eigenvalue weighted by molar-refractivity contribution is -0.137. The Labute approximate surface area is 110 Å². The fourth-order valence-electron chi connectivity index (χ4n) is 1.73. The molecule has 19 heavy (non-hydrogen) atoms. The predicted octanol–water partition coefficient (Wildman–Crippen LogP) is 0.725. The Hall–Kier alpha value is -1.89. The highest BCUT2D eigenvalue weighted by atomic mass is 16.5. The molecule has 0 bridgehead atoms. The Morgan fingerprint density at radius 2 is 2.32 bits per heavy atom. The van der Waals surface area contributed by atoms with E-state index in [0.717, 1.165) is 12.8 Å². The molecule has 0 saturated heterocycles. The molecule has 0 radical (unpaired) electrons. The quantitative estimate of drug-likeness (QED) is 0.783. The number of hydrogen-bond donors (Lipinski definition) is 1. The maximum Gasteiger partial charge on any atom is 0.323 e. The van der Waals surface area contributed by atoms with Gasteiger partial charge in [0.2, 0.25) is 0 Å². The minimum atomic E-state index is -1.07. The van der Waals surface area contributed by atoms with Crippen LogP contribution in [0.25, 0.3) is 0 Å². The number of amides is 1. The van der Waals surface area contributed by atoms with Crippen molar-refractivity contribution in [3.63, 3.8) is 0 Å². The third-order valence-corrected chi connectivity index (χ3v) is 2.91. The maximum absolute atomic E-state index is 12.1. The fourth-order valence-corrected chi connectivity index (χ4v) is 1.73. The van der Waals surface area contributed by atoms with Crippen molar-refractivity contribution in [3.05, 3.63) is 17.5 Å². The van der Waals surface area contributed by atoms with Crippen LogP contribution in [0.4, 0.5) is 0 Å².